The first kappa shape index (κ1) is 20.0. The molecule has 0 aliphatic heterocycles. The van der Waals surface area contributed by atoms with E-state index >= 15 is 0 Å². The van der Waals surface area contributed by atoms with Crippen molar-refractivity contribution in [2.24, 2.45) is 0 Å². The molecule has 0 unspecified atom stereocenters. The highest BCUT2D eigenvalue weighted by molar-refractivity contribution is 9.11. The first-order valence-electron chi connectivity index (χ1n) is 9.43. The Labute approximate surface area is 180 Å². The minimum absolute atomic E-state index is 0.124. The molecule has 3 aromatic heterocycles. The second kappa shape index (κ2) is 8.60. The lowest BCUT2D eigenvalue weighted by Crippen LogP contribution is -2.34. The zero-order valence-electron chi connectivity index (χ0n) is 15.9. The van der Waals surface area contributed by atoms with Crippen LogP contribution in [-0.2, 0) is 4.79 Å². The van der Waals surface area contributed by atoms with Crippen LogP contribution < -0.4 is 16.0 Å². The Balaban J connectivity index is 1.42. The molecule has 0 atom stereocenters. The first-order valence-corrected chi connectivity index (χ1v) is 11.0. The molecule has 1 fully saturated rings. The summed E-state index contributed by atoms with van der Waals surface area (Å²) in [6.45, 7) is 2.07. The summed E-state index contributed by atoms with van der Waals surface area (Å²) in [5.41, 5.74) is 2.24. The van der Waals surface area contributed by atoms with Crippen molar-refractivity contribution in [3.63, 3.8) is 0 Å². The highest BCUT2D eigenvalue weighted by Crippen LogP contribution is 2.27. The molecule has 3 aromatic rings. The van der Waals surface area contributed by atoms with Crippen molar-refractivity contribution >= 4 is 55.3 Å². The lowest BCUT2D eigenvalue weighted by molar-refractivity contribution is -0.115. The summed E-state index contributed by atoms with van der Waals surface area (Å²) in [5.74, 6) is -0.396. The number of halogens is 1. The van der Waals surface area contributed by atoms with E-state index in [9.17, 15) is 9.59 Å². The van der Waals surface area contributed by atoms with E-state index in [2.05, 4.69) is 42.0 Å². The molecule has 3 N–H and O–H groups in total. The fraction of sp³-hybridized carbons (Fsp3) is 0.368. The monoisotopic (exact) mass is 476 g/mol. The zero-order chi connectivity index (χ0) is 20.4. The number of rotatable bonds is 6. The zero-order valence-corrected chi connectivity index (χ0v) is 18.3. The number of aromatic nitrogens is 3. The van der Waals surface area contributed by atoms with Gasteiger partial charge in [-0.1, -0.05) is 12.8 Å². The molecule has 10 heteroatoms. The Bertz CT molecular complexity index is 1060. The van der Waals surface area contributed by atoms with Gasteiger partial charge in [0.1, 0.15) is 4.83 Å². The molecule has 8 nitrogen and oxygen atoms in total. The molecule has 0 saturated heterocycles. The largest absolute Gasteiger partial charge is 0.324 e. The SMILES string of the molecule is Cc1ncc(NC(=O)CNC2CCCC2)cc1NC(=O)c1cnn2cc(Br)sc12. The van der Waals surface area contributed by atoms with Gasteiger partial charge in [-0.2, -0.15) is 5.10 Å². The highest BCUT2D eigenvalue weighted by atomic mass is 79.9. The standard InChI is InChI=1S/C19H21BrN6O2S/c1-11-15(25-18(28)14-8-23-26-10-16(20)29-19(14)26)6-13(7-21-11)24-17(27)9-22-12-4-2-3-5-12/h6-8,10,12,22H,2-5,9H2,1H3,(H,24,27)(H,25,28). The van der Waals surface area contributed by atoms with Gasteiger partial charge in [0, 0.05) is 6.04 Å². The number of carbonyl (C=O) groups excluding carboxylic acids is 2. The molecule has 3 heterocycles. The van der Waals surface area contributed by atoms with E-state index < -0.39 is 0 Å². The maximum absolute atomic E-state index is 12.7. The number of fused-ring (bicyclic) bond motifs is 1. The Morgan fingerprint density at radius 3 is 2.86 bits per heavy atom. The number of amides is 2. The van der Waals surface area contributed by atoms with Gasteiger partial charge in [0.15, 0.2) is 0 Å². The number of anilines is 2. The predicted octanol–water partition coefficient (Wildman–Crippen LogP) is 3.58. The van der Waals surface area contributed by atoms with Gasteiger partial charge in [-0.25, -0.2) is 4.52 Å². The maximum Gasteiger partial charge on any atom is 0.260 e. The Morgan fingerprint density at radius 1 is 1.28 bits per heavy atom. The molecular weight excluding hydrogens is 456 g/mol. The van der Waals surface area contributed by atoms with Crippen LogP contribution >= 0.6 is 27.3 Å². The van der Waals surface area contributed by atoms with E-state index in [1.165, 1.54) is 30.4 Å². The van der Waals surface area contributed by atoms with Crippen LogP contribution in [0.25, 0.3) is 4.83 Å². The molecular formula is C19H21BrN6O2S. The van der Waals surface area contributed by atoms with Gasteiger partial charge in [0.25, 0.3) is 5.91 Å². The van der Waals surface area contributed by atoms with Crippen LogP contribution in [0.3, 0.4) is 0 Å². The Morgan fingerprint density at radius 2 is 2.07 bits per heavy atom. The summed E-state index contributed by atoms with van der Waals surface area (Å²) >= 11 is 4.84. The van der Waals surface area contributed by atoms with Crippen LogP contribution in [0.2, 0.25) is 0 Å². The number of nitrogens with one attached hydrogen (secondary N) is 3. The van der Waals surface area contributed by atoms with Crippen LogP contribution in [0.15, 0.2) is 28.4 Å². The van der Waals surface area contributed by atoms with Gasteiger partial charge in [-0.3, -0.25) is 14.6 Å². The van der Waals surface area contributed by atoms with Gasteiger partial charge in [0.05, 0.1) is 51.6 Å². The fourth-order valence-electron chi connectivity index (χ4n) is 3.41. The molecule has 0 radical (unpaired) electrons. The second-order valence-corrected chi connectivity index (χ2v) is 9.47. The van der Waals surface area contributed by atoms with Crippen LogP contribution in [-0.4, -0.2) is 39.0 Å². The van der Waals surface area contributed by atoms with Crippen molar-refractivity contribution < 1.29 is 9.59 Å². The molecule has 0 bridgehead atoms. The van der Waals surface area contributed by atoms with Crippen LogP contribution in [0.1, 0.15) is 41.7 Å². The van der Waals surface area contributed by atoms with Gasteiger partial charge < -0.3 is 16.0 Å². The Kier molecular flexibility index (Phi) is 5.93. The van der Waals surface area contributed by atoms with Crippen LogP contribution in [0, 0.1) is 6.92 Å². The molecule has 1 saturated carbocycles. The quantitative estimate of drug-likeness (QED) is 0.504. The number of pyridine rings is 1. The summed E-state index contributed by atoms with van der Waals surface area (Å²) in [4.78, 5) is 30.0. The van der Waals surface area contributed by atoms with Crippen LogP contribution in [0.5, 0.6) is 0 Å². The fourth-order valence-corrected chi connectivity index (χ4v) is 4.85. The van der Waals surface area contributed by atoms with Crippen molar-refractivity contribution in [3.05, 3.63) is 39.7 Å². The van der Waals surface area contributed by atoms with Gasteiger partial charge >= 0.3 is 0 Å². The third-order valence-electron chi connectivity index (χ3n) is 4.94. The highest BCUT2D eigenvalue weighted by Gasteiger charge is 2.18. The minimum atomic E-state index is -0.273. The predicted molar refractivity (Wildman–Crippen MR) is 117 cm³/mol. The lowest BCUT2D eigenvalue weighted by atomic mass is 10.2. The van der Waals surface area contributed by atoms with E-state index in [-0.39, 0.29) is 18.4 Å². The van der Waals surface area contributed by atoms with Crippen molar-refractivity contribution in [3.8, 4) is 0 Å². The summed E-state index contributed by atoms with van der Waals surface area (Å²) in [7, 11) is 0. The number of nitrogens with zero attached hydrogens (tertiary/aromatic N) is 3. The number of aryl methyl sites for hydroxylation is 1. The molecule has 1 aliphatic rings. The van der Waals surface area contributed by atoms with Gasteiger partial charge in [-0.15, -0.1) is 11.3 Å². The summed E-state index contributed by atoms with van der Waals surface area (Å²) in [6.07, 6.45) is 9.62. The lowest BCUT2D eigenvalue weighted by Gasteiger charge is -2.13. The van der Waals surface area contributed by atoms with E-state index in [0.717, 1.165) is 21.5 Å². The number of carbonyl (C=O) groups is 2. The van der Waals surface area contributed by atoms with Crippen molar-refractivity contribution in [1.82, 2.24) is 19.9 Å². The number of hydrogen-bond donors (Lipinski definition) is 3. The summed E-state index contributed by atoms with van der Waals surface area (Å²) in [5, 5.41) is 13.2. The van der Waals surface area contributed by atoms with Crippen molar-refractivity contribution in [2.45, 2.75) is 38.6 Å². The first-order chi connectivity index (χ1) is 14.0. The van der Waals surface area contributed by atoms with Gasteiger partial charge in [0.2, 0.25) is 5.91 Å². The van der Waals surface area contributed by atoms with E-state index in [1.807, 2.05) is 0 Å². The average molecular weight is 477 g/mol. The van der Waals surface area contributed by atoms with E-state index in [0.29, 0.717) is 28.7 Å². The molecule has 29 heavy (non-hydrogen) atoms. The topological polar surface area (TPSA) is 100 Å². The van der Waals surface area contributed by atoms with Gasteiger partial charge in [-0.05, 0) is 41.8 Å². The van der Waals surface area contributed by atoms with Crippen LogP contribution in [0.4, 0.5) is 11.4 Å². The molecule has 152 valence electrons. The third-order valence-corrected chi connectivity index (χ3v) is 6.53. The summed E-state index contributed by atoms with van der Waals surface area (Å²) in [6, 6.07) is 2.15. The molecule has 0 aromatic carbocycles. The normalized spacial score (nSPS) is 14.4. The molecule has 1 aliphatic carbocycles. The number of hydrogen-bond acceptors (Lipinski definition) is 6. The van der Waals surface area contributed by atoms with E-state index in [4.69, 9.17) is 0 Å². The maximum atomic E-state index is 12.7. The third kappa shape index (κ3) is 4.65. The van der Waals surface area contributed by atoms with Crippen molar-refractivity contribution in [2.75, 3.05) is 17.2 Å². The molecule has 4 rings (SSSR count). The molecule has 0 spiro atoms. The minimum Gasteiger partial charge on any atom is -0.324 e. The Hall–Kier alpha value is -2.30. The molecule has 2 amide bonds. The average Bonchev–Trinajstić information content (AvgIpc) is 3.40. The van der Waals surface area contributed by atoms with Crippen molar-refractivity contribution in [1.29, 1.82) is 0 Å². The second-order valence-electron chi connectivity index (χ2n) is 7.06. The number of thiazole rings is 1. The summed E-state index contributed by atoms with van der Waals surface area (Å²) < 4.78 is 2.55. The smallest absolute Gasteiger partial charge is 0.260 e. The van der Waals surface area contributed by atoms with E-state index in [1.54, 1.807) is 29.9 Å².